The molecule has 0 saturated carbocycles. The summed E-state index contributed by atoms with van der Waals surface area (Å²) in [6, 6.07) is 16.7. The lowest BCUT2D eigenvalue weighted by Gasteiger charge is -2.13. The number of aliphatic imine (C=N–C) groups is 1. The molecule has 3 aromatic rings. The lowest BCUT2D eigenvalue weighted by atomic mass is 10.1. The average Bonchev–Trinajstić information content (AvgIpc) is 3.23. The fourth-order valence-corrected chi connectivity index (χ4v) is 3.26. The van der Waals surface area contributed by atoms with Gasteiger partial charge in [0.25, 0.3) is 0 Å². The number of aryl methyl sites for hydroxylation is 3. The minimum absolute atomic E-state index is 0. The molecule has 0 atom stereocenters. The molecule has 0 aliphatic heterocycles. The fraction of sp³-hybridized carbons (Fsp3) is 0.333. The number of halogens is 1. The summed E-state index contributed by atoms with van der Waals surface area (Å²) in [5.74, 6) is 2.62. The lowest BCUT2D eigenvalue weighted by molar-refractivity contribution is 0.409. The van der Waals surface area contributed by atoms with E-state index < -0.39 is 0 Å². The van der Waals surface area contributed by atoms with Gasteiger partial charge in [-0.1, -0.05) is 42.5 Å². The summed E-state index contributed by atoms with van der Waals surface area (Å²) in [5.41, 5.74) is 3.56. The Morgan fingerprint density at radius 3 is 2.68 bits per heavy atom. The van der Waals surface area contributed by atoms with Gasteiger partial charge in [-0.15, -0.1) is 24.0 Å². The number of rotatable bonds is 9. The molecule has 1 heterocycles. The highest BCUT2D eigenvalue weighted by Gasteiger charge is 2.07. The van der Waals surface area contributed by atoms with Crippen molar-refractivity contribution in [3.8, 4) is 5.75 Å². The molecule has 0 aliphatic rings. The summed E-state index contributed by atoms with van der Waals surface area (Å²) in [7, 11) is 1.70. The molecule has 31 heavy (non-hydrogen) atoms. The predicted molar refractivity (Wildman–Crippen MR) is 137 cm³/mol. The number of imidazole rings is 1. The summed E-state index contributed by atoms with van der Waals surface area (Å²) in [4.78, 5) is 9.24. The van der Waals surface area contributed by atoms with E-state index in [1.165, 1.54) is 11.1 Å². The van der Waals surface area contributed by atoms with Gasteiger partial charge in [0.15, 0.2) is 5.96 Å². The first-order valence-electron chi connectivity index (χ1n) is 10.4. The van der Waals surface area contributed by atoms with Gasteiger partial charge in [-0.05, 0) is 37.5 Å². The Kier molecular flexibility index (Phi) is 10.4. The summed E-state index contributed by atoms with van der Waals surface area (Å²) < 4.78 is 7.68. The van der Waals surface area contributed by atoms with E-state index >= 15 is 0 Å². The second-order valence-corrected chi connectivity index (χ2v) is 7.14. The van der Waals surface area contributed by atoms with Gasteiger partial charge in [-0.2, -0.15) is 0 Å². The third-order valence-electron chi connectivity index (χ3n) is 4.89. The summed E-state index contributed by atoms with van der Waals surface area (Å²) in [6.45, 7) is 6.96. The van der Waals surface area contributed by atoms with Gasteiger partial charge in [0, 0.05) is 31.0 Å². The molecule has 3 rings (SSSR count). The van der Waals surface area contributed by atoms with Gasteiger partial charge in [0.05, 0.1) is 20.2 Å². The van der Waals surface area contributed by atoms with E-state index in [1.807, 2.05) is 24.5 Å². The zero-order chi connectivity index (χ0) is 21.2. The van der Waals surface area contributed by atoms with E-state index in [0.29, 0.717) is 13.1 Å². The minimum Gasteiger partial charge on any atom is -0.496 e. The van der Waals surface area contributed by atoms with Crippen LogP contribution in [0.2, 0.25) is 0 Å². The number of benzene rings is 2. The number of nitrogens with zero attached hydrogens (tertiary/aromatic N) is 3. The van der Waals surface area contributed by atoms with Crippen LogP contribution in [0.3, 0.4) is 0 Å². The lowest BCUT2D eigenvalue weighted by Crippen LogP contribution is -2.37. The molecule has 2 N–H and O–H groups in total. The van der Waals surface area contributed by atoms with Crippen molar-refractivity contribution in [1.82, 2.24) is 20.2 Å². The van der Waals surface area contributed by atoms with Crippen LogP contribution in [0, 0.1) is 6.92 Å². The number of aromatic nitrogens is 2. The van der Waals surface area contributed by atoms with Crippen LogP contribution >= 0.6 is 24.0 Å². The average molecular weight is 533 g/mol. The number of ether oxygens (including phenoxy) is 1. The molecule has 0 unspecified atom stereocenters. The van der Waals surface area contributed by atoms with Crippen molar-refractivity contribution in [1.29, 1.82) is 0 Å². The van der Waals surface area contributed by atoms with Gasteiger partial charge in [0.1, 0.15) is 11.6 Å². The van der Waals surface area contributed by atoms with E-state index in [0.717, 1.165) is 42.6 Å². The van der Waals surface area contributed by atoms with Gasteiger partial charge >= 0.3 is 0 Å². The normalized spacial score (nSPS) is 11.0. The van der Waals surface area contributed by atoms with Crippen molar-refractivity contribution < 1.29 is 4.74 Å². The smallest absolute Gasteiger partial charge is 0.191 e. The topological polar surface area (TPSA) is 63.5 Å². The number of nitrogens with one attached hydrogen (secondary N) is 2. The SMILES string of the molecule is CCNC(=NCc1ccc(C)cc1OC)NCc1nccn1CCc1ccccc1.I. The second kappa shape index (κ2) is 13.0. The van der Waals surface area contributed by atoms with Crippen molar-refractivity contribution in [3.63, 3.8) is 0 Å². The van der Waals surface area contributed by atoms with Crippen LogP contribution in [0.1, 0.15) is 29.4 Å². The molecule has 1 aromatic heterocycles. The van der Waals surface area contributed by atoms with Crippen molar-refractivity contribution in [2.75, 3.05) is 13.7 Å². The van der Waals surface area contributed by atoms with E-state index in [9.17, 15) is 0 Å². The molecule has 0 aliphatic carbocycles. The zero-order valence-electron chi connectivity index (χ0n) is 18.5. The van der Waals surface area contributed by atoms with Gasteiger partial charge < -0.3 is 19.9 Å². The maximum absolute atomic E-state index is 5.49. The Balaban J connectivity index is 0.00000341. The standard InChI is InChI=1S/C24H31N5O.HI/c1-4-25-24(27-17-21-11-10-19(2)16-22(21)30-3)28-18-23-26-13-15-29(23)14-12-20-8-6-5-7-9-20;/h5-11,13,15-16H,4,12,14,17-18H2,1-3H3,(H2,25,27,28);1H. The zero-order valence-corrected chi connectivity index (χ0v) is 20.8. The predicted octanol–water partition coefficient (Wildman–Crippen LogP) is 4.32. The molecule has 0 amide bonds. The first-order valence-corrected chi connectivity index (χ1v) is 10.4. The number of methoxy groups -OCH3 is 1. The van der Waals surface area contributed by atoms with Crippen molar-refractivity contribution in [3.05, 3.63) is 83.4 Å². The van der Waals surface area contributed by atoms with E-state index in [2.05, 4.69) is 70.4 Å². The summed E-state index contributed by atoms with van der Waals surface area (Å²) in [5, 5.41) is 6.70. The number of guanidine groups is 1. The first-order chi connectivity index (χ1) is 14.7. The van der Waals surface area contributed by atoms with Crippen LogP contribution in [-0.2, 0) is 26.1 Å². The van der Waals surface area contributed by atoms with Crippen LogP contribution in [0.4, 0.5) is 0 Å². The van der Waals surface area contributed by atoms with Gasteiger partial charge in [-0.3, -0.25) is 0 Å². The highest BCUT2D eigenvalue weighted by atomic mass is 127. The third kappa shape index (κ3) is 7.57. The van der Waals surface area contributed by atoms with E-state index in [1.54, 1.807) is 7.11 Å². The van der Waals surface area contributed by atoms with Gasteiger partial charge in [-0.25, -0.2) is 9.98 Å². The molecular weight excluding hydrogens is 501 g/mol. The maximum atomic E-state index is 5.49. The number of hydrogen-bond acceptors (Lipinski definition) is 3. The molecule has 0 fully saturated rings. The molecule has 0 saturated heterocycles. The molecule has 0 radical (unpaired) electrons. The van der Waals surface area contributed by atoms with Crippen LogP contribution in [0.25, 0.3) is 0 Å². The van der Waals surface area contributed by atoms with Crippen LogP contribution in [-0.4, -0.2) is 29.2 Å². The maximum Gasteiger partial charge on any atom is 0.191 e. The third-order valence-corrected chi connectivity index (χ3v) is 4.89. The Hall–Kier alpha value is -2.55. The van der Waals surface area contributed by atoms with E-state index in [4.69, 9.17) is 9.73 Å². The Morgan fingerprint density at radius 2 is 1.94 bits per heavy atom. The molecular formula is C24H32IN5O. The summed E-state index contributed by atoms with van der Waals surface area (Å²) in [6.07, 6.45) is 4.86. The summed E-state index contributed by atoms with van der Waals surface area (Å²) >= 11 is 0. The molecule has 0 bridgehead atoms. The fourth-order valence-electron chi connectivity index (χ4n) is 3.26. The van der Waals surface area contributed by atoms with Crippen molar-refractivity contribution in [2.45, 2.75) is 39.9 Å². The van der Waals surface area contributed by atoms with Crippen molar-refractivity contribution in [2.24, 2.45) is 4.99 Å². The van der Waals surface area contributed by atoms with Crippen molar-refractivity contribution >= 4 is 29.9 Å². The molecule has 166 valence electrons. The van der Waals surface area contributed by atoms with Crippen LogP contribution in [0.15, 0.2) is 65.9 Å². The minimum atomic E-state index is 0. The molecule has 0 spiro atoms. The molecule has 6 nitrogen and oxygen atoms in total. The van der Waals surface area contributed by atoms with Crippen LogP contribution in [0.5, 0.6) is 5.75 Å². The van der Waals surface area contributed by atoms with Crippen LogP contribution < -0.4 is 15.4 Å². The molecule has 7 heteroatoms. The first kappa shape index (κ1) is 24.7. The quantitative estimate of drug-likeness (QED) is 0.245. The Bertz CT molecular complexity index is 956. The number of hydrogen-bond donors (Lipinski definition) is 2. The Labute approximate surface area is 202 Å². The molecule has 2 aromatic carbocycles. The Morgan fingerprint density at radius 1 is 1.13 bits per heavy atom. The highest BCUT2D eigenvalue weighted by Crippen LogP contribution is 2.20. The monoisotopic (exact) mass is 533 g/mol. The van der Waals surface area contributed by atoms with E-state index in [-0.39, 0.29) is 24.0 Å². The largest absolute Gasteiger partial charge is 0.496 e. The highest BCUT2D eigenvalue weighted by molar-refractivity contribution is 14.0. The second-order valence-electron chi connectivity index (χ2n) is 7.14. The van der Waals surface area contributed by atoms with Gasteiger partial charge in [0.2, 0.25) is 0 Å².